The molecular weight excluding hydrogens is 303 g/mol. The normalized spacial score (nSPS) is 11.6. The molecule has 20 heavy (non-hydrogen) atoms. The van der Waals surface area contributed by atoms with Crippen LogP contribution in [0.15, 0.2) is 24.3 Å². The first kappa shape index (κ1) is 14.1. The molecule has 6 nitrogen and oxygen atoms in total. The summed E-state index contributed by atoms with van der Waals surface area (Å²) < 4.78 is 37.9. The summed E-state index contributed by atoms with van der Waals surface area (Å²) in [5.41, 5.74) is -1.74. The van der Waals surface area contributed by atoms with Gasteiger partial charge in [0.25, 0.3) is 5.69 Å². The van der Waals surface area contributed by atoms with Crippen molar-refractivity contribution >= 4 is 17.3 Å². The Morgan fingerprint density at radius 3 is 2.45 bits per heavy atom. The maximum atomic E-state index is 12.5. The van der Waals surface area contributed by atoms with Crippen molar-refractivity contribution in [3.8, 4) is 11.6 Å². The van der Waals surface area contributed by atoms with E-state index in [0.717, 1.165) is 18.2 Å². The van der Waals surface area contributed by atoms with Gasteiger partial charge in [-0.3, -0.25) is 10.1 Å². The number of hydrogen-bond acceptors (Lipinski definition) is 4. The van der Waals surface area contributed by atoms with Crippen molar-refractivity contribution in [2.75, 3.05) is 0 Å². The van der Waals surface area contributed by atoms with Crippen molar-refractivity contribution in [2.45, 2.75) is 6.18 Å². The fourth-order valence-electron chi connectivity index (χ4n) is 1.47. The summed E-state index contributed by atoms with van der Waals surface area (Å²) in [4.78, 5) is 9.82. The van der Waals surface area contributed by atoms with Gasteiger partial charge in [0.15, 0.2) is 5.69 Å². The predicted molar refractivity (Wildman–Crippen MR) is 61.9 cm³/mol. The van der Waals surface area contributed by atoms with E-state index in [0.29, 0.717) is 10.7 Å². The Labute approximate surface area is 114 Å². The van der Waals surface area contributed by atoms with E-state index in [2.05, 4.69) is 5.10 Å². The molecule has 0 unspecified atom stereocenters. The van der Waals surface area contributed by atoms with Gasteiger partial charge in [0.1, 0.15) is 0 Å². The van der Waals surface area contributed by atoms with Crippen molar-refractivity contribution in [3.05, 3.63) is 45.1 Å². The standard InChI is InChI=1S/C10H5ClF3N3O3/c11-6-3-5(17(19)20)1-2-7(6)16-9(18)4-8(15-16)10(12,13)14/h1-4,18H. The zero-order valence-electron chi connectivity index (χ0n) is 9.43. The van der Waals surface area contributed by atoms with Crippen LogP contribution < -0.4 is 0 Å². The quantitative estimate of drug-likeness (QED) is 0.682. The van der Waals surface area contributed by atoms with Crippen LogP contribution in [0.5, 0.6) is 5.88 Å². The molecule has 2 aromatic rings. The first-order chi connectivity index (χ1) is 9.20. The van der Waals surface area contributed by atoms with Gasteiger partial charge in [0, 0.05) is 18.2 Å². The Balaban J connectivity index is 2.52. The number of benzene rings is 1. The van der Waals surface area contributed by atoms with Crippen LogP contribution in [0.4, 0.5) is 18.9 Å². The number of rotatable bonds is 2. The molecule has 0 amide bonds. The van der Waals surface area contributed by atoms with Crippen molar-refractivity contribution < 1.29 is 23.2 Å². The van der Waals surface area contributed by atoms with E-state index in [9.17, 15) is 28.4 Å². The molecule has 0 aliphatic heterocycles. The largest absolute Gasteiger partial charge is 0.493 e. The lowest BCUT2D eigenvalue weighted by molar-refractivity contribution is -0.384. The highest BCUT2D eigenvalue weighted by Crippen LogP contribution is 2.33. The topological polar surface area (TPSA) is 81.2 Å². The van der Waals surface area contributed by atoms with Crippen LogP contribution in [-0.2, 0) is 6.18 Å². The Hall–Kier alpha value is -2.29. The second kappa shape index (κ2) is 4.67. The van der Waals surface area contributed by atoms with Gasteiger partial charge in [-0.25, -0.2) is 0 Å². The number of nitro groups is 1. The second-order valence-corrected chi connectivity index (χ2v) is 4.10. The zero-order valence-corrected chi connectivity index (χ0v) is 10.2. The summed E-state index contributed by atoms with van der Waals surface area (Å²) in [5, 5.41) is 22.9. The van der Waals surface area contributed by atoms with Gasteiger partial charge in [0.2, 0.25) is 5.88 Å². The van der Waals surface area contributed by atoms with Crippen LogP contribution in [0.3, 0.4) is 0 Å². The fraction of sp³-hybridized carbons (Fsp3) is 0.100. The number of aromatic hydroxyl groups is 1. The average molecular weight is 308 g/mol. The molecule has 1 N–H and O–H groups in total. The molecule has 0 saturated heterocycles. The van der Waals surface area contributed by atoms with Gasteiger partial charge in [-0.2, -0.15) is 23.0 Å². The molecule has 0 bridgehead atoms. The summed E-state index contributed by atoms with van der Waals surface area (Å²) in [6, 6.07) is 3.51. The van der Waals surface area contributed by atoms with Crippen LogP contribution in [0.1, 0.15) is 5.69 Å². The van der Waals surface area contributed by atoms with Gasteiger partial charge < -0.3 is 5.11 Å². The SMILES string of the molecule is O=[N+]([O-])c1ccc(-n2nc(C(F)(F)F)cc2O)c(Cl)c1. The molecule has 1 aromatic heterocycles. The number of alkyl halides is 3. The van der Waals surface area contributed by atoms with Crippen LogP contribution >= 0.6 is 11.6 Å². The van der Waals surface area contributed by atoms with E-state index in [-0.39, 0.29) is 16.4 Å². The third-order valence-electron chi connectivity index (χ3n) is 2.35. The highest BCUT2D eigenvalue weighted by molar-refractivity contribution is 6.32. The Morgan fingerprint density at radius 2 is 2.00 bits per heavy atom. The first-order valence-corrected chi connectivity index (χ1v) is 5.38. The monoisotopic (exact) mass is 307 g/mol. The maximum Gasteiger partial charge on any atom is 0.435 e. The van der Waals surface area contributed by atoms with Crippen LogP contribution in [0.25, 0.3) is 5.69 Å². The minimum absolute atomic E-state index is 0.106. The molecule has 0 fully saturated rings. The number of nitro benzene ring substituents is 1. The highest BCUT2D eigenvalue weighted by atomic mass is 35.5. The van der Waals surface area contributed by atoms with Crippen molar-refractivity contribution in [3.63, 3.8) is 0 Å². The smallest absolute Gasteiger partial charge is 0.435 e. The van der Waals surface area contributed by atoms with E-state index in [1.807, 2.05) is 0 Å². The van der Waals surface area contributed by atoms with Gasteiger partial charge in [-0.05, 0) is 6.07 Å². The zero-order chi connectivity index (χ0) is 15.1. The number of nitrogens with zero attached hydrogens (tertiary/aromatic N) is 3. The molecule has 2 rings (SSSR count). The van der Waals surface area contributed by atoms with Gasteiger partial charge in [0.05, 0.1) is 15.6 Å². The summed E-state index contributed by atoms with van der Waals surface area (Å²) in [5.74, 6) is -0.784. The molecule has 1 aromatic carbocycles. The molecule has 0 radical (unpaired) electrons. The molecule has 0 aliphatic rings. The summed E-state index contributed by atoms with van der Waals surface area (Å²) >= 11 is 5.75. The molecule has 10 heteroatoms. The van der Waals surface area contributed by atoms with E-state index >= 15 is 0 Å². The molecule has 0 aliphatic carbocycles. The van der Waals surface area contributed by atoms with E-state index in [1.54, 1.807) is 0 Å². The molecule has 0 spiro atoms. The average Bonchev–Trinajstić information content (AvgIpc) is 2.71. The summed E-state index contributed by atoms with van der Waals surface area (Å²) in [6.45, 7) is 0. The summed E-state index contributed by atoms with van der Waals surface area (Å²) in [7, 11) is 0. The van der Waals surface area contributed by atoms with Crippen LogP contribution in [0, 0.1) is 10.1 Å². The summed E-state index contributed by atoms with van der Waals surface area (Å²) in [6.07, 6.45) is -4.73. The fourth-order valence-corrected chi connectivity index (χ4v) is 1.72. The number of non-ortho nitro benzene ring substituents is 1. The number of halogens is 4. The Kier molecular flexibility index (Phi) is 3.30. The number of aromatic nitrogens is 2. The molecule has 0 saturated carbocycles. The van der Waals surface area contributed by atoms with Gasteiger partial charge >= 0.3 is 6.18 Å². The highest BCUT2D eigenvalue weighted by Gasteiger charge is 2.35. The molecular formula is C10H5ClF3N3O3. The second-order valence-electron chi connectivity index (χ2n) is 3.69. The Bertz CT molecular complexity index is 684. The van der Waals surface area contributed by atoms with Crippen molar-refractivity contribution in [1.82, 2.24) is 9.78 Å². The molecule has 1 heterocycles. The Morgan fingerprint density at radius 1 is 1.35 bits per heavy atom. The third kappa shape index (κ3) is 2.52. The minimum atomic E-state index is -4.73. The van der Waals surface area contributed by atoms with Crippen LogP contribution in [0.2, 0.25) is 5.02 Å². The molecule has 106 valence electrons. The van der Waals surface area contributed by atoms with E-state index in [4.69, 9.17) is 11.6 Å². The lowest BCUT2D eigenvalue weighted by atomic mass is 10.3. The number of hydrogen-bond donors (Lipinski definition) is 1. The maximum absolute atomic E-state index is 12.5. The van der Waals surface area contributed by atoms with E-state index in [1.165, 1.54) is 0 Å². The molecule has 0 atom stereocenters. The third-order valence-corrected chi connectivity index (χ3v) is 2.65. The minimum Gasteiger partial charge on any atom is -0.493 e. The van der Waals surface area contributed by atoms with Crippen molar-refractivity contribution in [1.29, 1.82) is 0 Å². The lowest BCUT2D eigenvalue weighted by Crippen LogP contribution is -2.07. The predicted octanol–water partition coefficient (Wildman–Crippen LogP) is 3.16. The van der Waals surface area contributed by atoms with Gasteiger partial charge in [-0.15, -0.1) is 0 Å². The first-order valence-electron chi connectivity index (χ1n) is 5.00. The lowest BCUT2D eigenvalue weighted by Gasteiger charge is -2.05. The van der Waals surface area contributed by atoms with Crippen LogP contribution in [-0.4, -0.2) is 19.8 Å². The van der Waals surface area contributed by atoms with E-state index < -0.39 is 22.7 Å². The van der Waals surface area contributed by atoms with Crippen molar-refractivity contribution in [2.24, 2.45) is 0 Å². The van der Waals surface area contributed by atoms with Gasteiger partial charge in [-0.1, -0.05) is 11.6 Å².